The molecule has 19 heavy (non-hydrogen) atoms. The molecule has 1 atom stereocenters. The fourth-order valence-corrected chi connectivity index (χ4v) is 2.46. The number of nitrogens with one attached hydrogen (secondary N) is 1. The van der Waals surface area contributed by atoms with Crippen LogP contribution in [-0.4, -0.2) is 6.54 Å². The normalized spacial score (nSPS) is 13.9. The third kappa shape index (κ3) is 3.60. The molecule has 2 nitrogen and oxygen atoms in total. The molecule has 0 aliphatic carbocycles. The molecule has 0 saturated carbocycles. The van der Waals surface area contributed by atoms with Gasteiger partial charge in [0.05, 0.1) is 6.26 Å². The zero-order valence-electron chi connectivity index (χ0n) is 12.5. The Morgan fingerprint density at radius 3 is 2.63 bits per heavy atom. The first-order valence-corrected chi connectivity index (χ1v) is 7.21. The Bertz CT molecular complexity index is 521. The van der Waals surface area contributed by atoms with E-state index in [2.05, 4.69) is 45.1 Å². The fourth-order valence-electron chi connectivity index (χ4n) is 2.46. The van der Waals surface area contributed by atoms with Crippen molar-refractivity contribution in [2.45, 2.75) is 46.6 Å². The van der Waals surface area contributed by atoms with Gasteiger partial charge in [0.1, 0.15) is 5.58 Å². The van der Waals surface area contributed by atoms with Crippen molar-refractivity contribution in [3.63, 3.8) is 0 Å². The van der Waals surface area contributed by atoms with Gasteiger partial charge >= 0.3 is 0 Å². The van der Waals surface area contributed by atoms with Gasteiger partial charge in [-0.2, -0.15) is 0 Å². The molecular formula is C17H25NO. The highest BCUT2D eigenvalue weighted by Gasteiger charge is 2.19. The second kappa shape index (κ2) is 5.79. The van der Waals surface area contributed by atoms with Crippen molar-refractivity contribution < 1.29 is 4.42 Å². The SMILES string of the molecule is CCNC(CCC(C)(C)C)c1coc2ccccc12. The summed E-state index contributed by atoms with van der Waals surface area (Å²) >= 11 is 0. The van der Waals surface area contributed by atoms with Crippen molar-refractivity contribution in [1.82, 2.24) is 5.32 Å². The van der Waals surface area contributed by atoms with Gasteiger partial charge in [-0.05, 0) is 30.9 Å². The highest BCUT2D eigenvalue weighted by molar-refractivity contribution is 5.81. The quantitative estimate of drug-likeness (QED) is 0.825. The molecule has 104 valence electrons. The van der Waals surface area contributed by atoms with E-state index in [0.29, 0.717) is 11.5 Å². The maximum absolute atomic E-state index is 5.67. The Balaban J connectivity index is 2.23. The lowest BCUT2D eigenvalue weighted by Crippen LogP contribution is -2.22. The number of fused-ring (bicyclic) bond motifs is 1. The van der Waals surface area contributed by atoms with E-state index in [-0.39, 0.29) is 0 Å². The number of hydrogen-bond donors (Lipinski definition) is 1. The molecule has 0 saturated heterocycles. The van der Waals surface area contributed by atoms with Crippen LogP contribution in [0.25, 0.3) is 11.0 Å². The van der Waals surface area contributed by atoms with Gasteiger partial charge in [0, 0.05) is 17.0 Å². The van der Waals surface area contributed by atoms with Crippen LogP contribution in [0.3, 0.4) is 0 Å². The van der Waals surface area contributed by atoms with E-state index in [9.17, 15) is 0 Å². The Hall–Kier alpha value is -1.28. The topological polar surface area (TPSA) is 25.2 Å². The van der Waals surface area contributed by atoms with E-state index in [1.165, 1.54) is 17.4 Å². The predicted molar refractivity (Wildman–Crippen MR) is 81.3 cm³/mol. The molecule has 0 fully saturated rings. The molecule has 0 bridgehead atoms. The maximum atomic E-state index is 5.67. The Morgan fingerprint density at radius 1 is 1.21 bits per heavy atom. The standard InChI is InChI=1S/C17H25NO/c1-5-18-15(10-11-17(2,3)4)14-12-19-16-9-7-6-8-13(14)16/h6-9,12,15,18H,5,10-11H2,1-4H3. The van der Waals surface area contributed by atoms with Crippen LogP contribution in [0.1, 0.15) is 52.1 Å². The molecular weight excluding hydrogens is 234 g/mol. The largest absolute Gasteiger partial charge is 0.464 e. The van der Waals surface area contributed by atoms with Crippen LogP contribution < -0.4 is 5.32 Å². The minimum absolute atomic E-state index is 0.368. The molecule has 1 aromatic heterocycles. The second-order valence-electron chi connectivity index (χ2n) is 6.40. The average molecular weight is 259 g/mol. The molecule has 1 aromatic carbocycles. The molecule has 2 aromatic rings. The van der Waals surface area contributed by atoms with Crippen LogP contribution in [0.15, 0.2) is 34.9 Å². The lowest BCUT2D eigenvalue weighted by molar-refractivity contribution is 0.333. The van der Waals surface area contributed by atoms with Gasteiger partial charge in [-0.15, -0.1) is 0 Å². The van der Waals surface area contributed by atoms with Gasteiger partial charge in [-0.1, -0.05) is 45.9 Å². The molecule has 2 heteroatoms. The van der Waals surface area contributed by atoms with Crippen LogP contribution in [0, 0.1) is 5.41 Å². The minimum atomic E-state index is 0.368. The lowest BCUT2D eigenvalue weighted by atomic mass is 9.87. The minimum Gasteiger partial charge on any atom is -0.464 e. The molecule has 0 radical (unpaired) electrons. The Labute approximate surface area is 116 Å². The van der Waals surface area contributed by atoms with E-state index in [1.54, 1.807) is 0 Å². The summed E-state index contributed by atoms with van der Waals surface area (Å²) in [7, 11) is 0. The summed E-state index contributed by atoms with van der Waals surface area (Å²) in [5.74, 6) is 0. The smallest absolute Gasteiger partial charge is 0.134 e. The Morgan fingerprint density at radius 2 is 1.95 bits per heavy atom. The highest BCUT2D eigenvalue weighted by Crippen LogP contribution is 2.32. The number of furan rings is 1. The van der Waals surface area contributed by atoms with Crippen LogP contribution in [0.5, 0.6) is 0 Å². The summed E-state index contributed by atoms with van der Waals surface area (Å²) < 4.78 is 5.67. The lowest BCUT2D eigenvalue weighted by Gasteiger charge is -2.23. The first-order valence-electron chi connectivity index (χ1n) is 7.21. The third-order valence-corrected chi connectivity index (χ3v) is 3.52. The number of hydrogen-bond acceptors (Lipinski definition) is 2. The summed E-state index contributed by atoms with van der Waals surface area (Å²) in [6, 6.07) is 8.66. The van der Waals surface area contributed by atoms with Gasteiger partial charge in [0.2, 0.25) is 0 Å². The molecule has 0 aliphatic rings. The van der Waals surface area contributed by atoms with E-state index in [0.717, 1.165) is 18.5 Å². The maximum Gasteiger partial charge on any atom is 0.134 e. The second-order valence-corrected chi connectivity index (χ2v) is 6.40. The number of rotatable bonds is 5. The van der Waals surface area contributed by atoms with Gasteiger partial charge < -0.3 is 9.73 Å². The van der Waals surface area contributed by atoms with Crippen molar-refractivity contribution >= 4 is 11.0 Å². The zero-order valence-corrected chi connectivity index (χ0v) is 12.5. The van der Waals surface area contributed by atoms with Gasteiger partial charge in [0.25, 0.3) is 0 Å². The average Bonchev–Trinajstić information content (AvgIpc) is 2.77. The highest BCUT2D eigenvalue weighted by atomic mass is 16.3. The third-order valence-electron chi connectivity index (χ3n) is 3.52. The van der Waals surface area contributed by atoms with Crippen molar-refractivity contribution in [2.24, 2.45) is 5.41 Å². The zero-order chi connectivity index (χ0) is 13.9. The van der Waals surface area contributed by atoms with Gasteiger partial charge in [-0.3, -0.25) is 0 Å². The molecule has 0 aliphatic heterocycles. The van der Waals surface area contributed by atoms with Crippen LogP contribution in [-0.2, 0) is 0 Å². The van der Waals surface area contributed by atoms with E-state index in [1.807, 2.05) is 18.4 Å². The summed E-state index contributed by atoms with van der Waals surface area (Å²) in [5.41, 5.74) is 2.64. The summed E-state index contributed by atoms with van der Waals surface area (Å²) in [4.78, 5) is 0. The molecule has 0 amide bonds. The van der Waals surface area contributed by atoms with Crippen LogP contribution >= 0.6 is 0 Å². The summed E-state index contributed by atoms with van der Waals surface area (Å²) in [6.07, 6.45) is 4.26. The molecule has 0 spiro atoms. The van der Waals surface area contributed by atoms with Crippen molar-refractivity contribution in [3.8, 4) is 0 Å². The molecule has 1 heterocycles. The number of benzene rings is 1. The molecule has 1 unspecified atom stereocenters. The van der Waals surface area contributed by atoms with Crippen LogP contribution in [0.2, 0.25) is 0 Å². The van der Waals surface area contributed by atoms with Gasteiger partial charge in [-0.25, -0.2) is 0 Å². The summed E-state index contributed by atoms with van der Waals surface area (Å²) in [6.45, 7) is 10.0. The Kier molecular flexibility index (Phi) is 4.31. The summed E-state index contributed by atoms with van der Waals surface area (Å²) in [5, 5.41) is 4.83. The van der Waals surface area contributed by atoms with Crippen molar-refractivity contribution in [3.05, 3.63) is 36.1 Å². The van der Waals surface area contributed by atoms with Crippen molar-refractivity contribution in [2.75, 3.05) is 6.54 Å². The first-order chi connectivity index (χ1) is 9.01. The van der Waals surface area contributed by atoms with Gasteiger partial charge in [0.15, 0.2) is 0 Å². The molecule has 1 N–H and O–H groups in total. The first kappa shape index (κ1) is 14.1. The fraction of sp³-hybridized carbons (Fsp3) is 0.529. The van der Waals surface area contributed by atoms with Crippen molar-refractivity contribution in [1.29, 1.82) is 0 Å². The van der Waals surface area contributed by atoms with E-state index >= 15 is 0 Å². The predicted octanol–water partition coefficient (Wildman–Crippen LogP) is 4.91. The van der Waals surface area contributed by atoms with E-state index < -0.39 is 0 Å². The molecule has 2 rings (SSSR count). The van der Waals surface area contributed by atoms with Crippen LogP contribution in [0.4, 0.5) is 0 Å². The number of para-hydroxylation sites is 1. The van der Waals surface area contributed by atoms with E-state index in [4.69, 9.17) is 4.42 Å². The monoisotopic (exact) mass is 259 g/mol.